The van der Waals surface area contributed by atoms with E-state index in [9.17, 15) is 4.79 Å². The Morgan fingerprint density at radius 2 is 2.16 bits per heavy atom. The van der Waals surface area contributed by atoms with Crippen LogP contribution in [-0.4, -0.2) is 40.7 Å². The van der Waals surface area contributed by atoms with Crippen LogP contribution < -0.4 is 5.32 Å². The first kappa shape index (κ1) is 17.8. The molecular weight excluding hydrogens is 338 g/mol. The van der Waals surface area contributed by atoms with Crippen molar-refractivity contribution in [1.82, 2.24) is 9.88 Å². The van der Waals surface area contributed by atoms with Gasteiger partial charge in [-0.05, 0) is 63.3 Å². The molecule has 1 fully saturated rings. The molecule has 2 aromatic rings. The monoisotopic (exact) mass is 361 g/mol. The van der Waals surface area contributed by atoms with Crippen LogP contribution in [0.5, 0.6) is 0 Å². The molecule has 0 bridgehead atoms. The molecule has 1 amide bonds. The average Bonchev–Trinajstić information content (AvgIpc) is 2.53. The van der Waals surface area contributed by atoms with Crippen LogP contribution in [0.15, 0.2) is 30.5 Å². The Labute approximate surface area is 153 Å². The number of halogens is 1. The van der Waals surface area contributed by atoms with E-state index in [1.165, 1.54) is 0 Å². The fraction of sp³-hybridized carbons (Fsp3) is 0.474. The minimum absolute atomic E-state index is 0.148. The first-order valence-electron chi connectivity index (χ1n) is 8.60. The summed E-state index contributed by atoms with van der Waals surface area (Å²) in [5, 5.41) is 6.27. The van der Waals surface area contributed by atoms with Gasteiger partial charge in [0.15, 0.2) is 0 Å². The lowest BCUT2D eigenvalue weighted by Crippen LogP contribution is -2.47. The molecule has 6 heteroatoms. The van der Waals surface area contributed by atoms with Crippen LogP contribution in [0.2, 0.25) is 5.02 Å². The van der Waals surface area contributed by atoms with Gasteiger partial charge in [0, 0.05) is 35.7 Å². The van der Waals surface area contributed by atoms with E-state index in [-0.39, 0.29) is 12.1 Å². The first-order chi connectivity index (χ1) is 11.8. The number of nitrogens with one attached hydrogen (secondary N) is 1. The van der Waals surface area contributed by atoms with Crippen molar-refractivity contribution in [2.75, 3.05) is 18.4 Å². The Morgan fingerprint density at radius 3 is 2.92 bits per heavy atom. The topological polar surface area (TPSA) is 54.5 Å². The molecule has 2 heterocycles. The van der Waals surface area contributed by atoms with Gasteiger partial charge in [0.25, 0.3) is 0 Å². The maximum absolute atomic E-state index is 12.3. The van der Waals surface area contributed by atoms with Crippen LogP contribution in [0.3, 0.4) is 0 Å². The van der Waals surface area contributed by atoms with E-state index in [1.54, 1.807) is 11.1 Å². The molecule has 0 aliphatic carbocycles. The summed E-state index contributed by atoms with van der Waals surface area (Å²) in [6.45, 7) is 6.99. The molecule has 25 heavy (non-hydrogen) atoms. The Kier molecular flexibility index (Phi) is 5.04. The van der Waals surface area contributed by atoms with E-state index in [0.29, 0.717) is 11.6 Å². The minimum atomic E-state index is -0.478. The number of fused-ring (bicyclic) bond motifs is 1. The van der Waals surface area contributed by atoms with Crippen LogP contribution in [-0.2, 0) is 4.74 Å². The summed E-state index contributed by atoms with van der Waals surface area (Å²) in [4.78, 5) is 18.6. The fourth-order valence-corrected chi connectivity index (χ4v) is 3.22. The second kappa shape index (κ2) is 7.08. The predicted octanol–water partition coefficient (Wildman–Crippen LogP) is 4.70. The number of hydrogen-bond donors (Lipinski definition) is 1. The number of benzene rings is 1. The Balaban J connectivity index is 1.72. The SMILES string of the molecule is CC(C)(C)OC(=O)N1CCC[C@@H](Nc2nccc3cc(Cl)ccc23)C1. The van der Waals surface area contributed by atoms with Crippen molar-refractivity contribution in [2.24, 2.45) is 0 Å². The summed E-state index contributed by atoms with van der Waals surface area (Å²) in [5.74, 6) is 0.824. The average molecular weight is 362 g/mol. The van der Waals surface area contributed by atoms with Crippen LogP contribution >= 0.6 is 11.6 Å². The standard InChI is InChI=1S/C19H24ClN3O2/c1-19(2,3)25-18(24)23-10-4-5-15(12-23)22-17-16-7-6-14(20)11-13(16)8-9-21-17/h6-9,11,15H,4-5,10,12H2,1-3H3,(H,21,22)/t15-/m1/s1. The van der Waals surface area contributed by atoms with Crippen molar-refractivity contribution in [1.29, 1.82) is 0 Å². The molecule has 1 N–H and O–H groups in total. The van der Waals surface area contributed by atoms with Crippen molar-refractivity contribution in [3.63, 3.8) is 0 Å². The summed E-state index contributed by atoms with van der Waals surface area (Å²) in [5.41, 5.74) is -0.478. The number of carbonyl (C=O) groups excluding carboxylic acids is 1. The number of rotatable bonds is 2. The lowest BCUT2D eigenvalue weighted by molar-refractivity contribution is 0.0206. The number of nitrogens with zero attached hydrogens (tertiary/aromatic N) is 2. The Bertz CT molecular complexity index is 773. The van der Waals surface area contributed by atoms with Crippen LogP contribution in [0.1, 0.15) is 33.6 Å². The molecule has 3 rings (SSSR count). The lowest BCUT2D eigenvalue weighted by atomic mass is 10.1. The van der Waals surface area contributed by atoms with Crippen molar-refractivity contribution in [2.45, 2.75) is 45.3 Å². The van der Waals surface area contributed by atoms with Crippen molar-refractivity contribution < 1.29 is 9.53 Å². The van der Waals surface area contributed by atoms with Gasteiger partial charge in [0.1, 0.15) is 11.4 Å². The van der Waals surface area contributed by atoms with E-state index in [2.05, 4.69) is 10.3 Å². The van der Waals surface area contributed by atoms with E-state index < -0.39 is 5.60 Å². The van der Waals surface area contributed by atoms with Crippen LogP contribution in [0, 0.1) is 0 Å². The van der Waals surface area contributed by atoms with Gasteiger partial charge >= 0.3 is 6.09 Å². The highest BCUT2D eigenvalue weighted by Gasteiger charge is 2.27. The first-order valence-corrected chi connectivity index (χ1v) is 8.98. The molecule has 134 valence electrons. The second-order valence-electron chi connectivity index (χ2n) is 7.43. The van der Waals surface area contributed by atoms with Gasteiger partial charge in [-0.1, -0.05) is 11.6 Å². The number of pyridine rings is 1. The second-order valence-corrected chi connectivity index (χ2v) is 7.87. The number of hydrogen-bond acceptors (Lipinski definition) is 4. The lowest BCUT2D eigenvalue weighted by Gasteiger charge is -2.34. The van der Waals surface area contributed by atoms with Gasteiger partial charge in [-0.25, -0.2) is 9.78 Å². The largest absolute Gasteiger partial charge is 0.444 e. The molecule has 5 nitrogen and oxygen atoms in total. The molecule has 1 aromatic carbocycles. The summed E-state index contributed by atoms with van der Waals surface area (Å²) < 4.78 is 5.49. The molecule has 0 saturated carbocycles. The van der Waals surface area contributed by atoms with E-state index in [4.69, 9.17) is 16.3 Å². The highest BCUT2D eigenvalue weighted by molar-refractivity contribution is 6.31. The van der Waals surface area contributed by atoms with Crippen molar-refractivity contribution in [3.05, 3.63) is 35.5 Å². The quantitative estimate of drug-likeness (QED) is 0.842. The minimum Gasteiger partial charge on any atom is -0.444 e. The van der Waals surface area contributed by atoms with E-state index in [1.807, 2.05) is 45.0 Å². The predicted molar refractivity (Wildman–Crippen MR) is 101 cm³/mol. The summed E-state index contributed by atoms with van der Waals surface area (Å²) in [6.07, 6.45) is 3.45. The van der Waals surface area contributed by atoms with Gasteiger partial charge < -0.3 is 15.0 Å². The molecule has 0 radical (unpaired) electrons. The number of likely N-dealkylation sites (tertiary alicyclic amines) is 1. The molecule has 0 spiro atoms. The van der Waals surface area contributed by atoms with Crippen LogP contribution in [0.25, 0.3) is 10.8 Å². The van der Waals surface area contributed by atoms with Gasteiger partial charge in [0.05, 0.1) is 0 Å². The number of amides is 1. The smallest absolute Gasteiger partial charge is 0.410 e. The fourth-order valence-electron chi connectivity index (χ4n) is 3.04. The van der Waals surface area contributed by atoms with Gasteiger partial charge in [-0.3, -0.25) is 0 Å². The van der Waals surface area contributed by atoms with Gasteiger partial charge in [-0.2, -0.15) is 0 Å². The molecule has 1 aliphatic heterocycles. The zero-order valence-corrected chi connectivity index (χ0v) is 15.6. The van der Waals surface area contributed by atoms with E-state index in [0.717, 1.165) is 36.0 Å². The number of aromatic nitrogens is 1. The zero-order chi connectivity index (χ0) is 18.0. The molecule has 1 aliphatic rings. The highest BCUT2D eigenvalue weighted by atomic mass is 35.5. The molecule has 1 aromatic heterocycles. The molecule has 1 saturated heterocycles. The Hall–Kier alpha value is -2.01. The third-order valence-corrected chi connectivity index (χ3v) is 4.38. The normalized spacial score (nSPS) is 18.2. The van der Waals surface area contributed by atoms with Gasteiger partial charge in [0.2, 0.25) is 0 Å². The number of carbonyl (C=O) groups is 1. The Morgan fingerprint density at radius 1 is 1.36 bits per heavy atom. The highest BCUT2D eigenvalue weighted by Crippen LogP contribution is 2.26. The number of anilines is 1. The molecular formula is C19H24ClN3O2. The summed E-state index contributed by atoms with van der Waals surface area (Å²) >= 11 is 6.07. The third-order valence-electron chi connectivity index (χ3n) is 4.14. The van der Waals surface area contributed by atoms with Gasteiger partial charge in [-0.15, -0.1) is 0 Å². The third kappa shape index (κ3) is 4.54. The number of piperidine rings is 1. The molecule has 0 unspecified atom stereocenters. The summed E-state index contributed by atoms with van der Waals surface area (Å²) in [6, 6.07) is 7.86. The summed E-state index contributed by atoms with van der Waals surface area (Å²) in [7, 11) is 0. The molecule has 1 atom stereocenters. The maximum atomic E-state index is 12.3. The zero-order valence-electron chi connectivity index (χ0n) is 14.9. The van der Waals surface area contributed by atoms with Crippen molar-refractivity contribution >= 4 is 34.3 Å². The van der Waals surface area contributed by atoms with Crippen molar-refractivity contribution in [3.8, 4) is 0 Å². The van der Waals surface area contributed by atoms with E-state index >= 15 is 0 Å². The maximum Gasteiger partial charge on any atom is 0.410 e. The number of ether oxygens (including phenoxy) is 1. The van der Waals surface area contributed by atoms with Crippen LogP contribution in [0.4, 0.5) is 10.6 Å².